The zero-order valence-electron chi connectivity index (χ0n) is 14.7. The number of amides is 1. The first kappa shape index (κ1) is 20.4. The van der Waals surface area contributed by atoms with Crippen LogP contribution in [0.2, 0.25) is 0 Å². The van der Waals surface area contributed by atoms with E-state index in [1.54, 1.807) is 0 Å². The van der Waals surface area contributed by atoms with E-state index in [9.17, 15) is 18.6 Å². The van der Waals surface area contributed by atoms with Gasteiger partial charge in [0.1, 0.15) is 5.75 Å². The summed E-state index contributed by atoms with van der Waals surface area (Å²) in [5, 5.41) is 11.4. The van der Waals surface area contributed by atoms with Gasteiger partial charge in [-0.15, -0.1) is 0 Å². The first-order valence-corrected chi connectivity index (χ1v) is 9.70. The number of aromatic amines is 1. The molecule has 0 bridgehead atoms. The van der Waals surface area contributed by atoms with Crippen molar-refractivity contribution < 1.29 is 23.6 Å². The minimum Gasteiger partial charge on any atom is -0.488 e. The van der Waals surface area contributed by atoms with E-state index in [1.807, 2.05) is 6.92 Å². The molecule has 9 heteroatoms. The van der Waals surface area contributed by atoms with Gasteiger partial charge in [-0.05, 0) is 30.7 Å². The van der Waals surface area contributed by atoms with Crippen LogP contribution in [0.15, 0.2) is 41.3 Å². The Balaban J connectivity index is 1.89. The standard InChI is InChI=1S/C18H20N2O6S/c1-2-7-26-16-9-19-14(8-15(16)21)10-27(25)11-17(22)20-13-5-3-12(4-6-13)18(23)24/h3-6,8-9H,2,7,10-11H2,1H3,(H,19,21)(H,20,22)(H,23,24). The molecule has 0 aliphatic heterocycles. The van der Waals surface area contributed by atoms with Crippen LogP contribution in [0.1, 0.15) is 29.4 Å². The molecule has 27 heavy (non-hydrogen) atoms. The molecule has 1 unspecified atom stereocenters. The Hall–Kier alpha value is -2.94. The summed E-state index contributed by atoms with van der Waals surface area (Å²) in [6.45, 7) is 2.36. The fourth-order valence-electron chi connectivity index (χ4n) is 2.17. The summed E-state index contributed by atoms with van der Waals surface area (Å²) in [5.74, 6) is -1.56. The van der Waals surface area contributed by atoms with Crippen molar-refractivity contribution in [2.24, 2.45) is 0 Å². The molecule has 1 aromatic heterocycles. The SMILES string of the molecule is CCCOc1c[nH]c(CS(=O)CC(=O)Nc2ccc(C(=O)O)cc2)cc1=O. The molecule has 0 saturated heterocycles. The second-order valence-corrected chi connectivity index (χ2v) is 7.15. The molecular formula is C18H20N2O6S. The van der Waals surface area contributed by atoms with E-state index in [4.69, 9.17) is 9.84 Å². The number of nitrogens with one attached hydrogen (secondary N) is 2. The number of carbonyl (C=O) groups excluding carboxylic acids is 1. The maximum atomic E-state index is 12.1. The van der Waals surface area contributed by atoms with Crippen LogP contribution >= 0.6 is 0 Å². The lowest BCUT2D eigenvalue weighted by atomic mass is 10.2. The Morgan fingerprint density at radius 3 is 2.56 bits per heavy atom. The van der Waals surface area contributed by atoms with Crippen molar-refractivity contribution in [2.75, 3.05) is 17.7 Å². The van der Waals surface area contributed by atoms with Gasteiger partial charge in [0.05, 0.1) is 17.9 Å². The minimum atomic E-state index is -1.52. The molecule has 1 atom stereocenters. The molecule has 144 valence electrons. The number of ether oxygens (including phenoxy) is 1. The smallest absolute Gasteiger partial charge is 0.335 e. The Morgan fingerprint density at radius 1 is 1.26 bits per heavy atom. The van der Waals surface area contributed by atoms with Gasteiger partial charge in [-0.25, -0.2) is 4.79 Å². The number of hydrogen-bond donors (Lipinski definition) is 3. The predicted molar refractivity (Wildman–Crippen MR) is 102 cm³/mol. The van der Waals surface area contributed by atoms with Gasteiger partial charge in [-0.3, -0.25) is 13.8 Å². The van der Waals surface area contributed by atoms with E-state index >= 15 is 0 Å². The second-order valence-electron chi connectivity index (χ2n) is 5.69. The summed E-state index contributed by atoms with van der Waals surface area (Å²) in [6.07, 6.45) is 2.20. The number of carboxylic acids is 1. The number of carboxylic acid groups (broad SMARTS) is 1. The maximum absolute atomic E-state index is 12.1. The van der Waals surface area contributed by atoms with Crippen molar-refractivity contribution in [1.82, 2.24) is 4.98 Å². The van der Waals surface area contributed by atoms with Gasteiger partial charge in [0, 0.05) is 34.4 Å². The van der Waals surface area contributed by atoms with Crippen molar-refractivity contribution in [3.8, 4) is 5.75 Å². The molecule has 1 aromatic carbocycles. The molecule has 0 spiro atoms. The van der Waals surface area contributed by atoms with Gasteiger partial charge in [0.15, 0.2) is 5.75 Å². The summed E-state index contributed by atoms with van der Waals surface area (Å²) in [7, 11) is -1.52. The molecule has 2 rings (SSSR count). The normalized spacial score (nSPS) is 11.6. The van der Waals surface area contributed by atoms with Crippen molar-refractivity contribution in [2.45, 2.75) is 19.1 Å². The lowest BCUT2D eigenvalue weighted by Gasteiger charge is -2.07. The second kappa shape index (κ2) is 9.67. The number of pyridine rings is 1. The van der Waals surface area contributed by atoms with E-state index in [0.29, 0.717) is 18.0 Å². The minimum absolute atomic E-state index is 0.0225. The first-order valence-electron chi connectivity index (χ1n) is 8.21. The van der Waals surface area contributed by atoms with Crippen LogP contribution in [0.25, 0.3) is 0 Å². The Bertz CT molecular complexity index is 891. The van der Waals surface area contributed by atoms with Gasteiger partial charge >= 0.3 is 5.97 Å². The summed E-state index contributed by atoms with van der Waals surface area (Å²) in [5.41, 5.74) is 0.651. The van der Waals surface area contributed by atoms with Gasteiger partial charge < -0.3 is 20.1 Å². The summed E-state index contributed by atoms with van der Waals surface area (Å²) >= 11 is 0. The summed E-state index contributed by atoms with van der Waals surface area (Å²) < 4.78 is 17.4. The molecule has 3 N–H and O–H groups in total. The summed E-state index contributed by atoms with van der Waals surface area (Å²) in [4.78, 5) is 37.5. The number of aromatic carboxylic acids is 1. The highest BCUT2D eigenvalue weighted by molar-refractivity contribution is 7.84. The summed E-state index contributed by atoms with van der Waals surface area (Å²) in [6, 6.07) is 6.95. The Morgan fingerprint density at radius 2 is 1.96 bits per heavy atom. The van der Waals surface area contributed by atoms with Gasteiger partial charge in [0.2, 0.25) is 11.3 Å². The van der Waals surface area contributed by atoms with E-state index in [1.165, 1.54) is 36.5 Å². The van der Waals surface area contributed by atoms with E-state index in [-0.39, 0.29) is 28.2 Å². The first-order chi connectivity index (χ1) is 12.9. The molecule has 1 amide bonds. The van der Waals surface area contributed by atoms with Crippen molar-refractivity contribution in [1.29, 1.82) is 0 Å². The maximum Gasteiger partial charge on any atom is 0.335 e. The Kier molecular flexibility index (Phi) is 7.30. The molecule has 0 aliphatic rings. The number of H-pyrrole nitrogens is 1. The zero-order valence-corrected chi connectivity index (χ0v) is 15.5. The molecule has 8 nitrogen and oxygen atoms in total. The number of aromatic nitrogens is 1. The fraction of sp³-hybridized carbons (Fsp3) is 0.278. The highest BCUT2D eigenvalue weighted by Crippen LogP contribution is 2.10. The van der Waals surface area contributed by atoms with Crippen molar-refractivity contribution >= 4 is 28.4 Å². The monoisotopic (exact) mass is 392 g/mol. The largest absolute Gasteiger partial charge is 0.488 e. The highest BCUT2D eigenvalue weighted by atomic mass is 32.2. The quantitative estimate of drug-likeness (QED) is 0.597. The lowest BCUT2D eigenvalue weighted by Crippen LogP contribution is -2.21. The molecular weight excluding hydrogens is 372 g/mol. The fourth-order valence-corrected chi connectivity index (χ4v) is 3.15. The topological polar surface area (TPSA) is 126 Å². The van der Waals surface area contributed by atoms with Crippen LogP contribution in [0.5, 0.6) is 5.75 Å². The number of benzene rings is 1. The molecule has 0 radical (unpaired) electrons. The number of rotatable bonds is 9. The Labute approximate surface area is 158 Å². The van der Waals surface area contributed by atoms with Crippen LogP contribution in [-0.2, 0) is 21.3 Å². The third kappa shape index (κ3) is 6.37. The third-order valence-electron chi connectivity index (χ3n) is 3.42. The van der Waals surface area contributed by atoms with E-state index < -0.39 is 22.7 Å². The average molecular weight is 392 g/mol. The third-order valence-corrected chi connectivity index (χ3v) is 4.64. The molecule has 2 aromatic rings. The van der Waals surface area contributed by atoms with Crippen molar-refractivity contribution in [3.63, 3.8) is 0 Å². The number of carbonyl (C=O) groups is 2. The van der Waals surface area contributed by atoms with Crippen LogP contribution in [0, 0.1) is 0 Å². The van der Waals surface area contributed by atoms with Gasteiger partial charge in [0.25, 0.3) is 0 Å². The van der Waals surface area contributed by atoms with Crippen molar-refractivity contribution in [3.05, 3.63) is 58.0 Å². The van der Waals surface area contributed by atoms with E-state index in [0.717, 1.165) is 6.42 Å². The average Bonchev–Trinajstić information content (AvgIpc) is 2.61. The van der Waals surface area contributed by atoms with Crippen LogP contribution in [-0.4, -0.2) is 38.5 Å². The van der Waals surface area contributed by atoms with Crippen LogP contribution < -0.4 is 15.5 Å². The number of anilines is 1. The predicted octanol–water partition coefficient (Wildman–Crippen LogP) is 1.75. The molecule has 1 heterocycles. The number of hydrogen-bond acceptors (Lipinski definition) is 5. The van der Waals surface area contributed by atoms with Gasteiger partial charge in [-0.1, -0.05) is 6.92 Å². The van der Waals surface area contributed by atoms with Gasteiger partial charge in [-0.2, -0.15) is 0 Å². The zero-order chi connectivity index (χ0) is 19.8. The lowest BCUT2D eigenvalue weighted by molar-refractivity contribution is -0.113. The van der Waals surface area contributed by atoms with E-state index in [2.05, 4.69) is 10.3 Å². The molecule has 0 aliphatic carbocycles. The van der Waals surface area contributed by atoms with Crippen LogP contribution in [0.4, 0.5) is 5.69 Å². The molecule has 0 fully saturated rings. The highest BCUT2D eigenvalue weighted by Gasteiger charge is 2.11. The van der Waals surface area contributed by atoms with Crippen LogP contribution in [0.3, 0.4) is 0 Å². The molecule has 0 saturated carbocycles.